The second-order valence-corrected chi connectivity index (χ2v) is 8.39. The molecule has 8 nitrogen and oxygen atoms in total. The standard InChI is InChI=1S/C25H26FN7O/c1-17-15-32(13-12-31(17)2)22-8-5-9-23(30-22)33-16-18(14-28-33)20-10-11-27-25(29-20)24-19(26)6-4-7-21(24)34-3/h4-11,14,16-17H,12-13,15H2,1-3H3/t17-/m0/s1. The normalized spacial score (nSPS) is 16.6. The van der Waals surface area contributed by atoms with Gasteiger partial charge in [0, 0.05) is 43.6 Å². The lowest BCUT2D eigenvalue weighted by molar-refractivity contribution is 0.233. The summed E-state index contributed by atoms with van der Waals surface area (Å²) < 4.78 is 21.6. The second-order valence-electron chi connectivity index (χ2n) is 8.39. The number of ether oxygens (including phenoxy) is 1. The number of rotatable bonds is 5. The molecule has 0 radical (unpaired) electrons. The molecule has 1 atom stereocenters. The Kier molecular flexibility index (Phi) is 5.93. The van der Waals surface area contributed by atoms with Gasteiger partial charge in [0.15, 0.2) is 11.6 Å². The van der Waals surface area contributed by atoms with Crippen molar-refractivity contribution in [2.24, 2.45) is 0 Å². The average Bonchev–Trinajstić information content (AvgIpc) is 3.36. The number of likely N-dealkylation sites (N-methyl/N-ethyl adjacent to an activating group) is 1. The number of nitrogens with zero attached hydrogens (tertiary/aromatic N) is 7. The van der Waals surface area contributed by atoms with Gasteiger partial charge in [0.25, 0.3) is 0 Å². The van der Waals surface area contributed by atoms with Crippen molar-refractivity contribution in [3.8, 4) is 34.2 Å². The third-order valence-corrected chi connectivity index (χ3v) is 6.19. The highest BCUT2D eigenvalue weighted by Gasteiger charge is 2.22. The zero-order valence-corrected chi connectivity index (χ0v) is 19.4. The fourth-order valence-corrected chi connectivity index (χ4v) is 4.08. The van der Waals surface area contributed by atoms with Crippen LogP contribution in [0.25, 0.3) is 28.5 Å². The van der Waals surface area contributed by atoms with Crippen LogP contribution in [0.4, 0.5) is 10.2 Å². The van der Waals surface area contributed by atoms with Gasteiger partial charge in [0.1, 0.15) is 17.4 Å². The first kappa shape index (κ1) is 22.0. The summed E-state index contributed by atoms with van der Waals surface area (Å²) in [6.45, 7) is 5.09. The minimum atomic E-state index is -0.438. The summed E-state index contributed by atoms with van der Waals surface area (Å²) in [6.07, 6.45) is 5.19. The van der Waals surface area contributed by atoms with Gasteiger partial charge in [0.05, 0.1) is 24.6 Å². The van der Waals surface area contributed by atoms with Gasteiger partial charge in [0.2, 0.25) is 0 Å². The van der Waals surface area contributed by atoms with Crippen LogP contribution in [0.1, 0.15) is 6.92 Å². The number of pyridine rings is 1. The number of piperazine rings is 1. The molecule has 0 saturated carbocycles. The smallest absolute Gasteiger partial charge is 0.166 e. The van der Waals surface area contributed by atoms with Crippen LogP contribution in [0.2, 0.25) is 0 Å². The van der Waals surface area contributed by atoms with Crippen molar-refractivity contribution in [3.05, 3.63) is 66.9 Å². The van der Waals surface area contributed by atoms with Crippen LogP contribution in [0.3, 0.4) is 0 Å². The maximum Gasteiger partial charge on any atom is 0.166 e. The van der Waals surface area contributed by atoms with Gasteiger partial charge < -0.3 is 14.5 Å². The van der Waals surface area contributed by atoms with Gasteiger partial charge in [-0.3, -0.25) is 0 Å². The average molecular weight is 460 g/mol. The lowest BCUT2D eigenvalue weighted by Crippen LogP contribution is -2.50. The number of aromatic nitrogens is 5. The van der Waals surface area contributed by atoms with Crippen LogP contribution >= 0.6 is 0 Å². The highest BCUT2D eigenvalue weighted by Crippen LogP contribution is 2.31. The van der Waals surface area contributed by atoms with Crippen molar-refractivity contribution in [1.82, 2.24) is 29.6 Å². The van der Waals surface area contributed by atoms with Gasteiger partial charge in [-0.25, -0.2) is 24.0 Å². The molecule has 0 N–H and O–H groups in total. The molecule has 1 aliphatic heterocycles. The largest absolute Gasteiger partial charge is 0.496 e. The van der Waals surface area contributed by atoms with Gasteiger partial charge in [-0.15, -0.1) is 0 Å². The fraction of sp³-hybridized carbons (Fsp3) is 0.280. The summed E-state index contributed by atoms with van der Waals surface area (Å²) >= 11 is 0. The first-order valence-corrected chi connectivity index (χ1v) is 11.2. The van der Waals surface area contributed by atoms with Crippen LogP contribution in [0.5, 0.6) is 5.75 Å². The molecule has 174 valence electrons. The van der Waals surface area contributed by atoms with Crippen LogP contribution in [0.15, 0.2) is 61.1 Å². The molecule has 4 aromatic rings. The van der Waals surface area contributed by atoms with Crippen molar-refractivity contribution in [3.63, 3.8) is 0 Å². The molecule has 3 aromatic heterocycles. The zero-order valence-electron chi connectivity index (χ0n) is 19.4. The predicted octanol–water partition coefficient (Wildman–Crippen LogP) is 3.68. The van der Waals surface area contributed by atoms with E-state index < -0.39 is 5.82 Å². The van der Waals surface area contributed by atoms with Crippen molar-refractivity contribution in [2.75, 3.05) is 38.7 Å². The molecule has 0 amide bonds. The van der Waals surface area contributed by atoms with E-state index >= 15 is 0 Å². The van der Waals surface area contributed by atoms with E-state index in [0.29, 0.717) is 17.5 Å². The third-order valence-electron chi connectivity index (χ3n) is 6.19. The van der Waals surface area contributed by atoms with Crippen molar-refractivity contribution < 1.29 is 9.13 Å². The number of halogens is 1. The molecule has 5 rings (SSSR count). The molecule has 1 saturated heterocycles. The van der Waals surface area contributed by atoms with Gasteiger partial charge >= 0.3 is 0 Å². The molecular weight excluding hydrogens is 433 g/mol. The van der Waals surface area contributed by atoms with E-state index in [1.807, 2.05) is 24.4 Å². The van der Waals surface area contributed by atoms with Crippen LogP contribution in [-0.4, -0.2) is 69.5 Å². The molecule has 9 heteroatoms. The quantitative estimate of drug-likeness (QED) is 0.451. The van der Waals surface area contributed by atoms with Crippen LogP contribution < -0.4 is 9.64 Å². The van der Waals surface area contributed by atoms with Gasteiger partial charge in [-0.1, -0.05) is 12.1 Å². The van der Waals surface area contributed by atoms with Crippen molar-refractivity contribution >= 4 is 5.82 Å². The van der Waals surface area contributed by atoms with E-state index in [0.717, 1.165) is 36.8 Å². The SMILES string of the molecule is COc1cccc(F)c1-c1nccc(-c2cnn(-c3cccc(N4CCN(C)[C@@H](C)C4)n3)c2)n1. The lowest BCUT2D eigenvalue weighted by atomic mass is 10.1. The highest BCUT2D eigenvalue weighted by atomic mass is 19.1. The van der Waals surface area contributed by atoms with E-state index in [1.165, 1.54) is 13.2 Å². The molecule has 4 heterocycles. The highest BCUT2D eigenvalue weighted by molar-refractivity contribution is 5.68. The molecule has 0 aliphatic carbocycles. The van der Waals surface area contributed by atoms with E-state index in [9.17, 15) is 4.39 Å². The van der Waals surface area contributed by atoms with Gasteiger partial charge in [-0.05, 0) is 44.3 Å². The second kappa shape index (κ2) is 9.18. The lowest BCUT2D eigenvalue weighted by Gasteiger charge is -2.38. The maximum atomic E-state index is 14.5. The molecule has 0 bridgehead atoms. The minimum Gasteiger partial charge on any atom is -0.496 e. The summed E-state index contributed by atoms with van der Waals surface area (Å²) in [7, 11) is 3.65. The Morgan fingerprint density at radius 3 is 2.68 bits per heavy atom. The Morgan fingerprint density at radius 1 is 1.03 bits per heavy atom. The van der Waals surface area contributed by atoms with E-state index in [4.69, 9.17) is 9.72 Å². The summed E-state index contributed by atoms with van der Waals surface area (Å²) in [5.74, 6) is 1.86. The molecule has 1 aliphatic rings. The predicted molar refractivity (Wildman–Crippen MR) is 129 cm³/mol. The Hall–Kier alpha value is -3.85. The first-order valence-electron chi connectivity index (χ1n) is 11.2. The number of hydrogen-bond acceptors (Lipinski definition) is 7. The first-order chi connectivity index (χ1) is 16.5. The van der Waals surface area contributed by atoms with Crippen LogP contribution in [-0.2, 0) is 0 Å². The summed E-state index contributed by atoms with van der Waals surface area (Å²) in [4.78, 5) is 18.3. The van der Waals surface area contributed by atoms with Crippen molar-refractivity contribution in [2.45, 2.75) is 13.0 Å². The number of methoxy groups -OCH3 is 1. The number of anilines is 1. The topological polar surface area (TPSA) is 72.2 Å². The van der Waals surface area contributed by atoms with Crippen molar-refractivity contribution in [1.29, 1.82) is 0 Å². The third kappa shape index (κ3) is 4.22. The summed E-state index contributed by atoms with van der Waals surface area (Å²) in [5, 5.41) is 4.50. The van der Waals surface area contributed by atoms with E-state index in [-0.39, 0.29) is 11.4 Å². The zero-order chi connectivity index (χ0) is 23.7. The summed E-state index contributed by atoms with van der Waals surface area (Å²) in [6, 6.07) is 12.8. The fourth-order valence-electron chi connectivity index (χ4n) is 4.08. The summed E-state index contributed by atoms with van der Waals surface area (Å²) in [5.41, 5.74) is 1.64. The Labute approximate surface area is 197 Å². The molecule has 0 unspecified atom stereocenters. The molecule has 0 spiro atoms. The van der Waals surface area contributed by atoms with Crippen LogP contribution in [0, 0.1) is 5.82 Å². The van der Waals surface area contributed by atoms with Gasteiger partial charge in [-0.2, -0.15) is 5.10 Å². The molecule has 1 aromatic carbocycles. The number of benzene rings is 1. The van der Waals surface area contributed by atoms with E-state index in [1.54, 1.807) is 35.3 Å². The molecular formula is C25H26FN7O. The Morgan fingerprint density at radius 2 is 1.85 bits per heavy atom. The van der Waals surface area contributed by atoms with E-state index in [2.05, 4.69) is 38.8 Å². The maximum absolute atomic E-state index is 14.5. The Bertz CT molecular complexity index is 1310. The Balaban J connectivity index is 1.43. The molecule has 1 fully saturated rings. The monoisotopic (exact) mass is 459 g/mol. The number of hydrogen-bond donors (Lipinski definition) is 0. The molecule has 34 heavy (non-hydrogen) atoms. The minimum absolute atomic E-state index is 0.231.